The number of carbonyl (C=O) groups is 1. The van der Waals surface area contributed by atoms with Crippen molar-refractivity contribution in [3.8, 4) is 5.75 Å². The van der Waals surface area contributed by atoms with Crippen LogP contribution in [0.4, 0.5) is 17.1 Å². The smallest absolute Gasteiger partial charge is 0.365 e. The topological polar surface area (TPSA) is 63.5 Å². The van der Waals surface area contributed by atoms with Gasteiger partial charge in [0.1, 0.15) is 11.9 Å². The van der Waals surface area contributed by atoms with Gasteiger partial charge < -0.3 is 14.5 Å². The summed E-state index contributed by atoms with van der Waals surface area (Å²) >= 11 is 0. The van der Waals surface area contributed by atoms with E-state index in [9.17, 15) is 4.79 Å². The molecule has 0 spiro atoms. The van der Waals surface area contributed by atoms with Crippen LogP contribution in [0.25, 0.3) is 10.8 Å². The number of fused-ring (bicyclic) bond motifs is 1. The summed E-state index contributed by atoms with van der Waals surface area (Å²) in [6.07, 6.45) is 6.44. The molecule has 6 heteroatoms. The van der Waals surface area contributed by atoms with Crippen LogP contribution in [0.15, 0.2) is 144 Å². The fourth-order valence-corrected chi connectivity index (χ4v) is 4.86. The maximum atomic E-state index is 12.4. The second kappa shape index (κ2) is 14.6. The number of benzene rings is 5. The van der Waals surface area contributed by atoms with E-state index in [0.717, 1.165) is 45.6 Å². The highest BCUT2D eigenvalue weighted by Crippen LogP contribution is 2.40. The van der Waals surface area contributed by atoms with Crippen molar-refractivity contribution < 1.29 is 14.4 Å². The summed E-state index contributed by atoms with van der Waals surface area (Å²) in [6, 6.07) is 39.7. The highest BCUT2D eigenvalue weighted by Gasteiger charge is 2.17. The molecular weight excluding hydrogens is 546 g/mol. The maximum Gasteiger partial charge on any atom is 0.365 e. The van der Waals surface area contributed by atoms with E-state index >= 15 is 0 Å². The molecule has 0 bridgehead atoms. The fraction of sp³-hybridized carbons (Fsp3) is 0.132. The Balaban J connectivity index is 1.48. The molecule has 0 aliphatic heterocycles. The third kappa shape index (κ3) is 7.28. The lowest BCUT2D eigenvalue weighted by Gasteiger charge is -2.27. The molecule has 0 N–H and O–H groups in total. The summed E-state index contributed by atoms with van der Waals surface area (Å²) in [5.74, 6) is 0.280. The summed E-state index contributed by atoms with van der Waals surface area (Å²) < 4.78 is 6.36. The first-order valence-electron chi connectivity index (χ1n) is 14.6. The van der Waals surface area contributed by atoms with Gasteiger partial charge >= 0.3 is 5.97 Å². The van der Waals surface area contributed by atoms with Crippen molar-refractivity contribution in [1.82, 2.24) is 0 Å². The van der Waals surface area contributed by atoms with Gasteiger partial charge in [-0.1, -0.05) is 84.9 Å². The normalized spacial score (nSPS) is 12.5. The van der Waals surface area contributed by atoms with Gasteiger partial charge in [0, 0.05) is 36.1 Å². The molecule has 0 saturated heterocycles. The first-order valence-corrected chi connectivity index (χ1v) is 14.6. The van der Waals surface area contributed by atoms with Crippen LogP contribution in [0, 0.1) is 0 Å². The number of carbonyl (C=O) groups excluding carboxylic acids is 1. The average Bonchev–Trinajstić information content (AvgIpc) is 3.08. The Kier molecular flexibility index (Phi) is 9.95. The van der Waals surface area contributed by atoms with Crippen molar-refractivity contribution in [2.75, 3.05) is 11.9 Å². The maximum absolute atomic E-state index is 12.4. The Morgan fingerprint density at radius 2 is 1.55 bits per heavy atom. The van der Waals surface area contributed by atoms with Gasteiger partial charge in [-0.2, -0.15) is 0 Å². The summed E-state index contributed by atoms with van der Waals surface area (Å²) in [5, 5.41) is 6.38. The predicted molar refractivity (Wildman–Crippen MR) is 181 cm³/mol. The molecule has 0 fully saturated rings. The van der Waals surface area contributed by atoms with Crippen molar-refractivity contribution in [2.24, 2.45) is 10.1 Å². The van der Waals surface area contributed by atoms with Crippen LogP contribution in [0.1, 0.15) is 36.2 Å². The second-order valence-electron chi connectivity index (χ2n) is 10.2. The number of ether oxygens (including phenoxy) is 1. The van der Waals surface area contributed by atoms with Gasteiger partial charge in [0.05, 0.1) is 17.0 Å². The van der Waals surface area contributed by atoms with Gasteiger partial charge in [-0.05, 0) is 78.9 Å². The molecule has 0 radical (unpaired) electrons. The van der Waals surface area contributed by atoms with Gasteiger partial charge in [0.25, 0.3) is 0 Å². The first-order chi connectivity index (χ1) is 21.6. The van der Waals surface area contributed by atoms with Gasteiger partial charge in [-0.25, -0.2) is 4.79 Å². The SMILES string of the molecule is CCC(/C=C\C=NC)Oc1cccc(N(c2ccc(/C(C)=N\OC(=O)c3ccccc3)cc2)c2cccc3ccccc23)c1. The highest BCUT2D eigenvalue weighted by molar-refractivity contribution is 6.01. The molecule has 5 rings (SSSR count). The number of hydrogen-bond donors (Lipinski definition) is 0. The monoisotopic (exact) mass is 581 g/mol. The van der Waals surface area contributed by atoms with E-state index < -0.39 is 5.97 Å². The average molecular weight is 582 g/mol. The van der Waals surface area contributed by atoms with Gasteiger partial charge in [0.15, 0.2) is 0 Å². The zero-order chi connectivity index (χ0) is 30.7. The van der Waals surface area contributed by atoms with Crippen LogP contribution >= 0.6 is 0 Å². The lowest BCUT2D eigenvalue weighted by atomic mass is 10.1. The Morgan fingerprint density at radius 3 is 2.32 bits per heavy atom. The van der Waals surface area contributed by atoms with E-state index in [-0.39, 0.29) is 6.10 Å². The molecule has 44 heavy (non-hydrogen) atoms. The summed E-state index contributed by atoms with van der Waals surface area (Å²) in [4.78, 5) is 23.8. The second-order valence-corrected chi connectivity index (χ2v) is 10.2. The quantitative estimate of drug-likeness (QED) is 0.0886. The number of allylic oxidation sites excluding steroid dienone is 1. The highest BCUT2D eigenvalue weighted by atomic mass is 16.7. The van der Waals surface area contributed by atoms with E-state index in [1.165, 1.54) is 0 Å². The van der Waals surface area contributed by atoms with Gasteiger partial charge in [-0.3, -0.25) is 4.99 Å². The van der Waals surface area contributed by atoms with Crippen LogP contribution in [0.2, 0.25) is 0 Å². The van der Waals surface area contributed by atoms with E-state index in [1.807, 2.05) is 67.6 Å². The third-order valence-electron chi connectivity index (χ3n) is 7.15. The van der Waals surface area contributed by atoms with Gasteiger partial charge in [-0.15, -0.1) is 0 Å². The van der Waals surface area contributed by atoms with Gasteiger partial charge in [0.2, 0.25) is 0 Å². The molecule has 1 unspecified atom stereocenters. The van der Waals surface area contributed by atoms with Crippen LogP contribution in [-0.4, -0.2) is 31.0 Å². The molecule has 5 aromatic carbocycles. The largest absolute Gasteiger partial charge is 0.486 e. The molecular formula is C38H35N3O3. The summed E-state index contributed by atoms with van der Waals surface area (Å²) in [7, 11) is 1.75. The van der Waals surface area contributed by atoms with Crippen molar-refractivity contribution in [2.45, 2.75) is 26.4 Å². The zero-order valence-corrected chi connectivity index (χ0v) is 25.1. The molecule has 5 aromatic rings. The minimum Gasteiger partial charge on any atom is -0.486 e. The van der Waals surface area contributed by atoms with Crippen LogP contribution < -0.4 is 9.64 Å². The number of aliphatic imine (C=N–C) groups is 1. The number of nitrogens with zero attached hydrogens (tertiary/aromatic N) is 3. The summed E-state index contributed by atoms with van der Waals surface area (Å²) in [5.41, 5.74) is 4.86. The standard InChI is InChI=1S/C38H35N3O3/c1-4-34(19-12-26-39-3)43-35-18-11-17-33(27-35)41(37-21-10-16-30-13-8-9-20-36(30)37)32-24-22-29(23-25-32)28(2)40-44-38(42)31-14-6-5-7-15-31/h5-27,34H,4H2,1-3H3/b19-12-,39-26?,40-28-. The number of oxime groups is 1. The number of rotatable bonds is 11. The Bertz CT molecular complexity index is 1790. The fourth-order valence-electron chi connectivity index (χ4n) is 4.86. The lowest BCUT2D eigenvalue weighted by Crippen LogP contribution is -2.14. The van der Waals surface area contributed by atoms with Crippen molar-refractivity contribution in [3.63, 3.8) is 0 Å². The van der Waals surface area contributed by atoms with Crippen LogP contribution in [0.3, 0.4) is 0 Å². The number of hydrogen-bond acceptors (Lipinski definition) is 6. The molecule has 0 heterocycles. The third-order valence-corrected chi connectivity index (χ3v) is 7.15. The summed E-state index contributed by atoms with van der Waals surface area (Å²) in [6.45, 7) is 3.92. The minimum atomic E-state index is -0.495. The van der Waals surface area contributed by atoms with E-state index in [2.05, 4.69) is 70.5 Å². The number of anilines is 3. The van der Waals surface area contributed by atoms with Crippen molar-refractivity contribution in [3.05, 3.63) is 145 Å². The first kappa shape index (κ1) is 30.0. The van der Waals surface area contributed by atoms with E-state index in [1.54, 1.807) is 37.5 Å². The minimum absolute atomic E-state index is 0.0770. The van der Waals surface area contributed by atoms with E-state index in [4.69, 9.17) is 9.57 Å². The molecule has 1 atom stereocenters. The van der Waals surface area contributed by atoms with Crippen molar-refractivity contribution in [1.29, 1.82) is 0 Å². The Labute approximate surface area is 258 Å². The Morgan fingerprint density at radius 1 is 0.818 bits per heavy atom. The van der Waals surface area contributed by atoms with Crippen molar-refractivity contribution >= 4 is 45.7 Å². The molecule has 220 valence electrons. The molecule has 0 aliphatic rings. The molecule has 0 amide bonds. The Hall–Kier alpha value is -5.49. The van der Waals surface area contributed by atoms with Crippen LogP contribution in [-0.2, 0) is 4.84 Å². The van der Waals surface area contributed by atoms with Crippen LogP contribution in [0.5, 0.6) is 5.75 Å². The van der Waals surface area contributed by atoms with E-state index in [0.29, 0.717) is 11.3 Å². The molecule has 6 nitrogen and oxygen atoms in total. The lowest BCUT2D eigenvalue weighted by molar-refractivity contribution is 0.0516. The zero-order valence-electron chi connectivity index (χ0n) is 25.1. The molecule has 0 saturated carbocycles. The molecule has 0 aliphatic carbocycles. The predicted octanol–water partition coefficient (Wildman–Crippen LogP) is 9.30. The molecule has 0 aromatic heterocycles.